The van der Waals surface area contributed by atoms with Crippen LogP contribution in [0.15, 0.2) is 296 Å². The average Bonchev–Trinajstić information content (AvgIpc) is 4.18. The zero-order valence-corrected chi connectivity index (χ0v) is 54.7. The summed E-state index contributed by atoms with van der Waals surface area (Å²) >= 11 is 5.61. The zero-order valence-electron chi connectivity index (χ0n) is 54.0. The van der Waals surface area contributed by atoms with Crippen molar-refractivity contribution in [1.29, 1.82) is 0 Å². The summed E-state index contributed by atoms with van der Waals surface area (Å²) in [6, 6.07) is 92.9. The van der Waals surface area contributed by atoms with Gasteiger partial charge in [-0.05, 0) is 164 Å². The fourth-order valence-corrected chi connectivity index (χ4v) is 7.61. The van der Waals surface area contributed by atoms with Crippen molar-refractivity contribution >= 4 is 28.1 Å². The maximum absolute atomic E-state index is 12.1. The molecule has 0 amide bonds. The molecule has 11 aromatic carbocycles. The van der Waals surface area contributed by atoms with Gasteiger partial charge in [0.05, 0.1) is 25.4 Å². The summed E-state index contributed by atoms with van der Waals surface area (Å²) < 4.78 is 26.9. The van der Waals surface area contributed by atoms with Crippen LogP contribution in [-0.4, -0.2) is 19.1 Å². The van der Waals surface area contributed by atoms with Crippen LogP contribution < -0.4 is 9.47 Å². The van der Waals surface area contributed by atoms with E-state index in [4.69, 9.17) is 25.5 Å². The fraction of sp³-hybridized carbons (Fsp3) is 0.160. The Balaban J connectivity index is 0.000000260. The number of nitrogens with zero attached hydrogens (tertiary/aromatic N) is 1. The monoisotopic (exact) mass is 1210 g/mol. The highest BCUT2D eigenvalue weighted by atomic mass is 35.5. The van der Waals surface area contributed by atoms with Gasteiger partial charge in [0.2, 0.25) is 0 Å². The number of halogens is 2. The summed E-state index contributed by atoms with van der Waals surface area (Å²) in [5, 5.41) is 13.6. The van der Waals surface area contributed by atoms with E-state index in [9.17, 15) is 14.5 Å². The number of nitro groups is 1. The minimum Gasteiger partial charge on any atom is -0.497 e. The summed E-state index contributed by atoms with van der Waals surface area (Å²) in [7, 11) is 3.35. The Bertz CT molecular complexity index is 3570. The first kappa shape index (κ1) is 73.4. The highest BCUT2D eigenvalue weighted by Crippen LogP contribution is 2.20. The molecule has 1 aromatic heterocycles. The van der Waals surface area contributed by atoms with Crippen molar-refractivity contribution in [2.75, 3.05) is 14.2 Å². The van der Waals surface area contributed by atoms with Gasteiger partial charge < -0.3 is 13.9 Å². The molecular weight excluding hydrogens is 1120 g/mol. The molecule has 0 N–H and O–H groups in total. The van der Waals surface area contributed by atoms with Crippen LogP contribution in [0, 0.1) is 92.1 Å². The van der Waals surface area contributed by atoms with E-state index in [0.717, 1.165) is 33.4 Å². The van der Waals surface area contributed by atoms with Crippen LogP contribution in [0.4, 0.5) is 10.1 Å². The van der Waals surface area contributed by atoms with Crippen LogP contribution in [-0.2, 0) is 0 Å². The Morgan fingerprint density at radius 1 is 0.371 bits per heavy atom. The number of methoxy groups -OCH3 is 2. The Morgan fingerprint density at radius 3 is 1.13 bits per heavy atom. The van der Waals surface area contributed by atoms with Gasteiger partial charge in [0.15, 0.2) is 0 Å². The van der Waals surface area contributed by atoms with Gasteiger partial charge in [-0.2, -0.15) is 0 Å². The van der Waals surface area contributed by atoms with E-state index in [1.165, 1.54) is 90.7 Å². The van der Waals surface area contributed by atoms with Crippen molar-refractivity contribution in [3.63, 3.8) is 0 Å². The van der Waals surface area contributed by atoms with Gasteiger partial charge in [0.25, 0.3) is 5.69 Å². The zero-order chi connectivity index (χ0) is 65.2. The molecule has 0 aliphatic carbocycles. The highest BCUT2D eigenvalue weighted by Gasteiger charge is 2.01. The Hall–Kier alpha value is -9.82. The predicted molar refractivity (Wildman–Crippen MR) is 376 cm³/mol. The van der Waals surface area contributed by atoms with E-state index in [-0.39, 0.29) is 11.5 Å². The molecule has 8 heteroatoms. The average molecular weight is 1210 g/mol. The lowest BCUT2D eigenvalue weighted by Crippen LogP contribution is -1.86. The molecule has 0 fully saturated rings. The second-order valence-electron chi connectivity index (χ2n) is 20.7. The summed E-state index contributed by atoms with van der Waals surface area (Å²) in [4.78, 5) is 9.71. The molecular formula is C81H87ClFNO5. The third-order valence-electron chi connectivity index (χ3n) is 12.8. The Labute approximate surface area is 535 Å². The second-order valence-corrected chi connectivity index (χ2v) is 21.2. The largest absolute Gasteiger partial charge is 0.497 e. The minimum atomic E-state index is -0.403. The number of fused-ring (bicyclic) bond motifs is 1. The van der Waals surface area contributed by atoms with Crippen LogP contribution in [0.2, 0.25) is 5.02 Å². The summed E-state index contributed by atoms with van der Waals surface area (Å²) in [6.07, 6.45) is 1.66. The molecule has 0 radical (unpaired) electrons. The molecule has 0 saturated heterocycles. The topological polar surface area (TPSA) is 74.7 Å². The maximum Gasteiger partial charge on any atom is 0.269 e. The molecule has 1 heterocycles. The number of rotatable bonds is 4. The summed E-state index contributed by atoms with van der Waals surface area (Å²) in [5.74, 6) is 2.67. The quantitative estimate of drug-likeness (QED) is 0.130. The summed E-state index contributed by atoms with van der Waals surface area (Å²) in [6.45, 7) is 22.4. The van der Waals surface area contributed by atoms with Crippen LogP contribution in [0.3, 0.4) is 0 Å². The Morgan fingerprint density at radius 2 is 0.753 bits per heavy atom. The molecule has 460 valence electrons. The molecule has 0 spiro atoms. The number of hydrogen-bond acceptors (Lipinski definition) is 5. The number of nitro benzene ring substituents is 1. The van der Waals surface area contributed by atoms with E-state index < -0.39 is 4.92 Å². The van der Waals surface area contributed by atoms with Gasteiger partial charge in [-0.3, -0.25) is 10.1 Å². The molecule has 0 atom stereocenters. The number of para-hydroxylation sites is 1. The van der Waals surface area contributed by atoms with E-state index in [1.54, 1.807) is 44.7 Å². The van der Waals surface area contributed by atoms with Gasteiger partial charge in [-0.25, -0.2) is 4.39 Å². The van der Waals surface area contributed by atoms with Gasteiger partial charge in [-0.15, -0.1) is 0 Å². The van der Waals surface area contributed by atoms with E-state index >= 15 is 0 Å². The smallest absolute Gasteiger partial charge is 0.269 e. The first-order chi connectivity index (χ1) is 42.8. The molecule has 12 aromatic rings. The van der Waals surface area contributed by atoms with Crippen LogP contribution >= 0.6 is 11.6 Å². The number of ether oxygens (including phenoxy) is 2. The molecule has 0 aliphatic heterocycles. The van der Waals surface area contributed by atoms with Crippen molar-refractivity contribution in [3.8, 4) is 22.6 Å². The molecule has 0 unspecified atom stereocenters. The van der Waals surface area contributed by atoms with Crippen LogP contribution in [0.5, 0.6) is 11.5 Å². The first-order valence-corrected chi connectivity index (χ1v) is 29.6. The third kappa shape index (κ3) is 33.0. The number of non-ortho nitro benzene ring substituents is 1. The number of furan rings is 1. The number of hydrogen-bond donors (Lipinski definition) is 0. The number of aryl methyl sites for hydroxylation is 11. The van der Waals surface area contributed by atoms with Gasteiger partial charge in [0.1, 0.15) is 23.1 Å². The van der Waals surface area contributed by atoms with E-state index in [1.807, 2.05) is 144 Å². The molecule has 0 bridgehead atoms. The van der Waals surface area contributed by atoms with Crippen LogP contribution in [0.25, 0.3) is 21.9 Å². The molecule has 89 heavy (non-hydrogen) atoms. The van der Waals surface area contributed by atoms with Crippen molar-refractivity contribution in [3.05, 3.63) is 374 Å². The molecule has 0 saturated carbocycles. The van der Waals surface area contributed by atoms with Gasteiger partial charge >= 0.3 is 0 Å². The SMILES string of the molecule is COc1ccc(C)cc1.COc1ccccc1C.Cc1ccc(-c2ccccc2)cc1.Cc1ccc(C)cc1.Cc1ccc(Cl)cc1.Cc1ccc(F)cc1.Cc1ccc([N+](=O)[O-])cc1.Cc1cccc2ccccc12.Cc1ccccc1.Cc1ccco1. The molecule has 0 aliphatic rings. The van der Waals surface area contributed by atoms with Gasteiger partial charge in [0, 0.05) is 17.2 Å². The van der Waals surface area contributed by atoms with Crippen molar-refractivity contribution < 1.29 is 23.2 Å². The van der Waals surface area contributed by atoms with Crippen molar-refractivity contribution in [2.24, 2.45) is 0 Å². The minimum absolute atomic E-state index is 0.144. The first-order valence-electron chi connectivity index (χ1n) is 29.2. The lowest BCUT2D eigenvalue weighted by molar-refractivity contribution is -0.384. The normalized spacial score (nSPS) is 9.38. The number of benzene rings is 11. The second kappa shape index (κ2) is 42.9. The lowest BCUT2D eigenvalue weighted by atomic mass is 10.0. The highest BCUT2D eigenvalue weighted by molar-refractivity contribution is 6.30. The Kier molecular flexibility index (Phi) is 35.4. The van der Waals surface area contributed by atoms with E-state index in [0.29, 0.717) is 0 Å². The molecule has 12 rings (SSSR count). The van der Waals surface area contributed by atoms with Gasteiger partial charge in [-0.1, -0.05) is 274 Å². The molecule has 6 nitrogen and oxygen atoms in total. The van der Waals surface area contributed by atoms with Crippen LogP contribution in [0.1, 0.15) is 61.4 Å². The standard InChI is InChI=1S/C13H12.C11H10.2C8H10O.C8H10.C7H7Cl.C7H7F.C7H7NO2.C7H8.C5H6O/c1-11-7-9-13(10-8-11)12-5-3-2-4-6-12;1-9-5-4-7-10-6-2-3-8-11(9)10;1-7-3-5-8(9-2)6-4-7;1-7-5-3-4-6-8(7)9-2;1-7-3-5-8(2)6-4-7;2*1-6-2-4-7(8)5-3-6;1-6-2-4-7(5-3-6)8(9)10;1-7-5-3-2-4-6-7;1-5-3-2-4-6-5/h2-10H,1H3;2-8H,1H3;2*3-6H,1-2H3;3-6H,1-2H3;2*2-5H,1H3;2-5H,1H3;2-6H,1H3;2-4H,1H3. The summed E-state index contributed by atoms with van der Waals surface area (Å²) in [5.41, 5.74) is 15.2. The lowest BCUT2D eigenvalue weighted by Gasteiger charge is -2.00. The third-order valence-corrected chi connectivity index (χ3v) is 13.1. The fourth-order valence-electron chi connectivity index (χ4n) is 7.49. The van der Waals surface area contributed by atoms with Crippen molar-refractivity contribution in [2.45, 2.75) is 76.2 Å². The van der Waals surface area contributed by atoms with E-state index in [2.05, 4.69) is 169 Å². The maximum atomic E-state index is 12.1. The predicted octanol–water partition coefficient (Wildman–Crippen LogP) is 23.4. The van der Waals surface area contributed by atoms with Crippen molar-refractivity contribution in [1.82, 2.24) is 0 Å².